The predicted molar refractivity (Wildman–Crippen MR) is 60.7 cm³/mol. The van der Waals surface area contributed by atoms with Crippen LogP contribution in [0, 0.1) is 0 Å². The molecule has 0 unspecified atom stereocenters. The second kappa shape index (κ2) is 4.70. The molecular formula is C12H13N3O. The van der Waals surface area contributed by atoms with Crippen LogP contribution >= 0.6 is 0 Å². The minimum atomic E-state index is 0.436. The van der Waals surface area contributed by atoms with E-state index in [1.54, 1.807) is 4.68 Å². The zero-order valence-corrected chi connectivity index (χ0v) is 9.13. The van der Waals surface area contributed by atoms with Gasteiger partial charge < -0.3 is 0 Å². The van der Waals surface area contributed by atoms with Crippen molar-refractivity contribution >= 4 is 6.29 Å². The minimum absolute atomic E-state index is 0.436. The molecule has 0 bridgehead atoms. The Morgan fingerprint density at radius 3 is 2.69 bits per heavy atom. The second-order valence-electron chi connectivity index (χ2n) is 3.54. The van der Waals surface area contributed by atoms with Crippen LogP contribution in [0.25, 0.3) is 5.69 Å². The van der Waals surface area contributed by atoms with Crippen molar-refractivity contribution in [3.8, 4) is 5.69 Å². The summed E-state index contributed by atoms with van der Waals surface area (Å²) in [6.45, 7) is 2.07. The highest BCUT2D eigenvalue weighted by atomic mass is 16.1. The SMILES string of the molecule is CCCc1c(C=O)nnn1-c1ccccc1. The Kier molecular flexibility index (Phi) is 3.10. The number of benzene rings is 1. The van der Waals surface area contributed by atoms with Crippen LogP contribution in [-0.2, 0) is 6.42 Å². The lowest BCUT2D eigenvalue weighted by atomic mass is 10.2. The van der Waals surface area contributed by atoms with E-state index in [-0.39, 0.29) is 0 Å². The summed E-state index contributed by atoms with van der Waals surface area (Å²) in [6.07, 6.45) is 2.52. The summed E-state index contributed by atoms with van der Waals surface area (Å²) in [7, 11) is 0. The van der Waals surface area contributed by atoms with Gasteiger partial charge >= 0.3 is 0 Å². The standard InChI is InChI=1S/C12H13N3O/c1-2-6-12-11(9-16)13-14-15(12)10-7-4-3-5-8-10/h3-5,7-9H,2,6H2,1H3. The molecule has 0 atom stereocenters. The van der Waals surface area contributed by atoms with Gasteiger partial charge in [-0.25, -0.2) is 4.68 Å². The van der Waals surface area contributed by atoms with E-state index >= 15 is 0 Å². The third-order valence-electron chi connectivity index (χ3n) is 2.39. The molecule has 1 aromatic carbocycles. The fraction of sp³-hybridized carbons (Fsp3) is 0.250. The fourth-order valence-corrected chi connectivity index (χ4v) is 1.65. The normalized spacial score (nSPS) is 10.3. The van der Waals surface area contributed by atoms with E-state index in [0.717, 1.165) is 30.5 Å². The van der Waals surface area contributed by atoms with Gasteiger partial charge in [0.1, 0.15) is 5.69 Å². The highest BCUT2D eigenvalue weighted by Gasteiger charge is 2.12. The topological polar surface area (TPSA) is 47.8 Å². The van der Waals surface area contributed by atoms with Gasteiger partial charge in [-0.15, -0.1) is 5.10 Å². The van der Waals surface area contributed by atoms with Crippen LogP contribution in [0.5, 0.6) is 0 Å². The van der Waals surface area contributed by atoms with Gasteiger partial charge in [0.15, 0.2) is 6.29 Å². The number of hydrogen-bond acceptors (Lipinski definition) is 3. The van der Waals surface area contributed by atoms with E-state index in [9.17, 15) is 4.79 Å². The molecule has 0 radical (unpaired) electrons. The average Bonchev–Trinajstić information content (AvgIpc) is 2.74. The summed E-state index contributed by atoms with van der Waals surface area (Å²) >= 11 is 0. The van der Waals surface area contributed by atoms with Gasteiger partial charge in [-0.1, -0.05) is 36.8 Å². The van der Waals surface area contributed by atoms with Crippen LogP contribution in [0.1, 0.15) is 29.5 Å². The highest BCUT2D eigenvalue weighted by Crippen LogP contribution is 2.13. The Morgan fingerprint density at radius 1 is 1.31 bits per heavy atom. The maximum atomic E-state index is 10.8. The van der Waals surface area contributed by atoms with Gasteiger partial charge in [0.2, 0.25) is 0 Å². The number of rotatable bonds is 4. The van der Waals surface area contributed by atoms with Crippen molar-refractivity contribution in [2.24, 2.45) is 0 Å². The number of para-hydroxylation sites is 1. The van der Waals surface area contributed by atoms with E-state index in [0.29, 0.717) is 5.69 Å². The molecule has 0 saturated carbocycles. The number of nitrogens with zero attached hydrogens (tertiary/aromatic N) is 3. The maximum Gasteiger partial charge on any atom is 0.172 e. The molecule has 0 amide bonds. The predicted octanol–water partition coefficient (Wildman–Crippen LogP) is 2.03. The molecule has 2 rings (SSSR count). The Labute approximate surface area is 93.9 Å². The molecule has 0 spiro atoms. The summed E-state index contributed by atoms with van der Waals surface area (Å²) < 4.78 is 1.73. The maximum absolute atomic E-state index is 10.8. The Bertz CT molecular complexity index is 476. The highest BCUT2D eigenvalue weighted by molar-refractivity contribution is 5.73. The average molecular weight is 215 g/mol. The summed E-state index contributed by atoms with van der Waals surface area (Å²) in [5.41, 5.74) is 2.25. The van der Waals surface area contributed by atoms with Crippen LogP contribution < -0.4 is 0 Å². The molecule has 1 heterocycles. The third kappa shape index (κ3) is 1.86. The fourth-order valence-electron chi connectivity index (χ4n) is 1.65. The van der Waals surface area contributed by atoms with Crippen LogP contribution in [0.4, 0.5) is 0 Å². The van der Waals surface area contributed by atoms with Gasteiger partial charge in [0, 0.05) is 0 Å². The number of hydrogen-bond donors (Lipinski definition) is 0. The Balaban J connectivity index is 2.48. The first kappa shape index (κ1) is 10.5. The van der Waals surface area contributed by atoms with Crippen molar-refractivity contribution in [3.05, 3.63) is 41.7 Å². The van der Waals surface area contributed by atoms with E-state index in [4.69, 9.17) is 0 Å². The monoisotopic (exact) mass is 215 g/mol. The number of aldehydes is 1. The lowest BCUT2D eigenvalue weighted by Gasteiger charge is -2.04. The zero-order chi connectivity index (χ0) is 11.4. The van der Waals surface area contributed by atoms with Crippen molar-refractivity contribution in [1.82, 2.24) is 15.0 Å². The molecule has 0 fully saturated rings. The molecule has 82 valence electrons. The molecule has 0 aliphatic carbocycles. The number of carbonyl (C=O) groups excluding carboxylic acids is 1. The van der Waals surface area contributed by atoms with Crippen molar-refractivity contribution in [1.29, 1.82) is 0 Å². The summed E-state index contributed by atoms with van der Waals surface area (Å²) in [5, 5.41) is 7.89. The molecule has 0 aliphatic heterocycles. The van der Waals surface area contributed by atoms with E-state index in [1.807, 2.05) is 30.3 Å². The smallest absolute Gasteiger partial charge is 0.172 e. The first-order valence-electron chi connectivity index (χ1n) is 5.32. The quantitative estimate of drug-likeness (QED) is 0.733. The van der Waals surface area contributed by atoms with Crippen LogP contribution in [0.3, 0.4) is 0 Å². The van der Waals surface area contributed by atoms with Crippen LogP contribution in [0.2, 0.25) is 0 Å². The van der Waals surface area contributed by atoms with Gasteiger partial charge in [-0.3, -0.25) is 4.79 Å². The molecule has 1 aromatic heterocycles. The summed E-state index contributed by atoms with van der Waals surface area (Å²) in [4.78, 5) is 10.8. The van der Waals surface area contributed by atoms with Crippen LogP contribution in [-0.4, -0.2) is 21.3 Å². The van der Waals surface area contributed by atoms with Crippen molar-refractivity contribution in [3.63, 3.8) is 0 Å². The number of aromatic nitrogens is 3. The molecule has 0 saturated heterocycles. The van der Waals surface area contributed by atoms with Crippen molar-refractivity contribution < 1.29 is 4.79 Å². The molecule has 2 aromatic rings. The molecule has 4 nitrogen and oxygen atoms in total. The Morgan fingerprint density at radius 2 is 2.06 bits per heavy atom. The lowest BCUT2D eigenvalue weighted by Crippen LogP contribution is -2.03. The van der Waals surface area contributed by atoms with E-state index in [2.05, 4.69) is 17.2 Å². The van der Waals surface area contributed by atoms with Crippen LogP contribution in [0.15, 0.2) is 30.3 Å². The largest absolute Gasteiger partial charge is 0.296 e. The molecular weight excluding hydrogens is 202 g/mol. The zero-order valence-electron chi connectivity index (χ0n) is 9.13. The van der Waals surface area contributed by atoms with E-state index < -0.39 is 0 Å². The third-order valence-corrected chi connectivity index (χ3v) is 2.39. The molecule has 0 aliphatic rings. The number of carbonyl (C=O) groups is 1. The van der Waals surface area contributed by atoms with E-state index in [1.165, 1.54) is 0 Å². The summed E-state index contributed by atoms with van der Waals surface area (Å²) in [5.74, 6) is 0. The lowest BCUT2D eigenvalue weighted by molar-refractivity contribution is 0.111. The Hall–Kier alpha value is -1.97. The van der Waals surface area contributed by atoms with Crippen molar-refractivity contribution in [2.75, 3.05) is 0 Å². The first-order chi connectivity index (χ1) is 7.86. The minimum Gasteiger partial charge on any atom is -0.296 e. The molecule has 0 N–H and O–H groups in total. The van der Waals surface area contributed by atoms with Crippen molar-refractivity contribution in [2.45, 2.75) is 19.8 Å². The molecule has 4 heteroatoms. The van der Waals surface area contributed by atoms with Gasteiger partial charge in [0.05, 0.1) is 11.4 Å². The second-order valence-corrected chi connectivity index (χ2v) is 3.54. The molecule has 16 heavy (non-hydrogen) atoms. The first-order valence-corrected chi connectivity index (χ1v) is 5.32. The van der Waals surface area contributed by atoms with Gasteiger partial charge in [-0.05, 0) is 18.6 Å². The summed E-state index contributed by atoms with van der Waals surface area (Å²) in [6, 6.07) is 9.71. The van der Waals surface area contributed by atoms with Gasteiger partial charge in [-0.2, -0.15) is 0 Å². The van der Waals surface area contributed by atoms with Gasteiger partial charge in [0.25, 0.3) is 0 Å².